The van der Waals surface area contributed by atoms with Crippen LogP contribution in [0.4, 0.5) is 8.78 Å². The Labute approximate surface area is 172 Å². The first-order chi connectivity index (χ1) is 14.5. The fourth-order valence-electron chi connectivity index (χ4n) is 5.00. The van der Waals surface area contributed by atoms with Crippen LogP contribution in [0.3, 0.4) is 0 Å². The maximum atomic E-state index is 13.3. The van der Waals surface area contributed by atoms with E-state index in [-0.39, 0.29) is 29.8 Å². The maximum absolute atomic E-state index is 13.3. The van der Waals surface area contributed by atoms with Gasteiger partial charge in [-0.25, -0.2) is 0 Å². The molecule has 158 valence electrons. The first kappa shape index (κ1) is 19.1. The molecule has 1 aromatic heterocycles. The summed E-state index contributed by atoms with van der Waals surface area (Å²) in [5, 5.41) is 7.03. The van der Waals surface area contributed by atoms with Gasteiger partial charge in [0.05, 0.1) is 12.1 Å². The van der Waals surface area contributed by atoms with E-state index in [0.29, 0.717) is 24.1 Å². The molecule has 3 heterocycles. The molecule has 1 aromatic carbocycles. The van der Waals surface area contributed by atoms with Crippen LogP contribution in [0.25, 0.3) is 11.5 Å². The number of likely N-dealkylation sites (tertiary alicyclic amines) is 1. The molecule has 9 heteroatoms. The minimum absolute atomic E-state index is 0.00186. The zero-order chi connectivity index (χ0) is 20.8. The summed E-state index contributed by atoms with van der Waals surface area (Å²) in [4.78, 5) is 29.4. The Morgan fingerprint density at radius 1 is 1.03 bits per heavy atom. The zero-order valence-electron chi connectivity index (χ0n) is 16.4. The highest BCUT2D eigenvalue weighted by Crippen LogP contribution is 2.36. The highest BCUT2D eigenvalue weighted by atomic mass is 19.3. The van der Waals surface area contributed by atoms with Crippen molar-refractivity contribution in [1.29, 1.82) is 0 Å². The molecule has 5 rings (SSSR count). The molecule has 2 atom stereocenters. The third-order valence-corrected chi connectivity index (χ3v) is 6.42. The minimum Gasteiger partial charge on any atom is -0.415 e. The number of carbonyl (C=O) groups is 2. The van der Waals surface area contributed by atoms with E-state index in [2.05, 4.69) is 10.2 Å². The Bertz CT molecular complexity index is 992. The Morgan fingerprint density at radius 3 is 2.47 bits per heavy atom. The molecule has 2 fully saturated rings. The standard InChI is InChI=1S/C21H22F2N4O3/c22-18(23)20-25-24-19(30-20)12-7-8-13-11-27(21(29)14(13)10-12)16-5-2-1-4-15(16)26-9-3-6-17(26)28/h7-8,10,15-16,18H,1-6,9,11H2/t15-,16-/m1/s1. The molecule has 2 amide bonds. The van der Waals surface area contributed by atoms with Gasteiger partial charge in [0.1, 0.15) is 0 Å². The van der Waals surface area contributed by atoms with E-state index < -0.39 is 12.3 Å². The summed E-state index contributed by atoms with van der Waals surface area (Å²) in [6.45, 7) is 1.26. The smallest absolute Gasteiger partial charge is 0.314 e. The van der Waals surface area contributed by atoms with Crippen LogP contribution in [0, 0.1) is 0 Å². The van der Waals surface area contributed by atoms with Gasteiger partial charge in [0, 0.05) is 30.6 Å². The van der Waals surface area contributed by atoms with E-state index >= 15 is 0 Å². The van der Waals surface area contributed by atoms with Gasteiger partial charge in [0.25, 0.3) is 11.8 Å². The number of amides is 2. The summed E-state index contributed by atoms with van der Waals surface area (Å²) in [7, 11) is 0. The molecule has 1 saturated carbocycles. The van der Waals surface area contributed by atoms with Crippen molar-refractivity contribution in [2.24, 2.45) is 0 Å². The number of benzene rings is 1. The summed E-state index contributed by atoms with van der Waals surface area (Å²) in [6, 6.07) is 5.22. The molecule has 3 aliphatic rings. The van der Waals surface area contributed by atoms with E-state index in [1.54, 1.807) is 12.1 Å². The third kappa shape index (κ3) is 3.16. The van der Waals surface area contributed by atoms with Gasteiger partial charge in [-0.15, -0.1) is 10.2 Å². The maximum Gasteiger partial charge on any atom is 0.314 e. The summed E-state index contributed by atoms with van der Waals surface area (Å²) in [5.74, 6) is -0.676. The molecule has 0 unspecified atom stereocenters. The minimum atomic E-state index is -2.84. The Morgan fingerprint density at radius 2 is 1.80 bits per heavy atom. The number of halogens is 2. The fraction of sp³-hybridized carbons (Fsp3) is 0.524. The zero-order valence-corrected chi connectivity index (χ0v) is 16.4. The van der Waals surface area contributed by atoms with Crippen molar-refractivity contribution in [2.45, 2.75) is 63.6 Å². The van der Waals surface area contributed by atoms with Crippen molar-refractivity contribution in [3.8, 4) is 11.5 Å². The molecule has 1 aliphatic carbocycles. The second kappa shape index (κ2) is 7.45. The second-order valence-electron chi connectivity index (χ2n) is 8.16. The largest absolute Gasteiger partial charge is 0.415 e. The molecular formula is C21H22F2N4O3. The fourth-order valence-corrected chi connectivity index (χ4v) is 5.00. The lowest BCUT2D eigenvalue weighted by Crippen LogP contribution is -2.53. The first-order valence-electron chi connectivity index (χ1n) is 10.4. The normalized spacial score (nSPS) is 24.2. The van der Waals surface area contributed by atoms with Gasteiger partial charge in [-0.1, -0.05) is 18.9 Å². The quantitative estimate of drug-likeness (QED) is 0.761. The highest BCUT2D eigenvalue weighted by Gasteiger charge is 2.42. The van der Waals surface area contributed by atoms with Gasteiger partial charge in [-0.05, 0) is 37.0 Å². The molecular weight excluding hydrogens is 394 g/mol. The molecule has 0 radical (unpaired) electrons. The molecule has 0 spiro atoms. The number of hydrogen-bond acceptors (Lipinski definition) is 5. The van der Waals surface area contributed by atoms with Gasteiger partial charge in [-0.3, -0.25) is 9.59 Å². The van der Waals surface area contributed by atoms with Crippen LogP contribution in [0.2, 0.25) is 0 Å². The summed E-state index contributed by atoms with van der Waals surface area (Å²) in [5.41, 5.74) is 1.86. The average molecular weight is 416 g/mol. The first-order valence-corrected chi connectivity index (χ1v) is 10.4. The number of hydrogen-bond donors (Lipinski definition) is 0. The number of aromatic nitrogens is 2. The average Bonchev–Trinajstić information content (AvgIpc) is 3.47. The van der Waals surface area contributed by atoms with Gasteiger partial charge in [-0.2, -0.15) is 8.78 Å². The molecule has 2 aromatic rings. The van der Waals surface area contributed by atoms with Gasteiger partial charge >= 0.3 is 6.43 Å². The number of carbonyl (C=O) groups excluding carboxylic acids is 2. The summed E-state index contributed by atoms with van der Waals surface area (Å²) >= 11 is 0. The predicted octanol–water partition coefficient (Wildman–Crippen LogP) is 3.56. The van der Waals surface area contributed by atoms with Crippen LogP contribution in [0.5, 0.6) is 0 Å². The topological polar surface area (TPSA) is 79.5 Å². The second-order valence-corrected chi connectivity index (χ2v) is 8.16. The number of nitrogens with zero attached hydrogens (tertiary/aromatic N) is 4. The van der Waals surface area contributed by atoms with Gasteiger partial charge in [0.2, 0.25) is 11.8 Å². The van der Waals surface area contributed by atoms with Crippen molar-refractivity contribution < 1.29 is 22.8 Å². The van der Waals surface area contributed by atoms with E-state index in [4.69, 9.17) is 4.42 Å². The molecule has 30 heavy (non-hydrogen) atoms. The molecule has 2 aliphatic heterocycles. The number of fused-ring (bicyclic) bond motifs is 1. The molecule has 7 nitrogen and oxygen atoms in total. The Balaban J connectivity index is 1.41. The lowest BCUT2D eigenvalue weighted by Gasteiger charge is -2.42. The van der Waals surface area contributed by atoms with Gasteiger partial charge < -0.3 is 14.2 Å². The van der Waals surface area contributed by atoms with E-state index in [9.17, 15) is 18.4 Å². The predicted molar refractivity (Wildman–Crippen MR) is 102 cm³/mol. The van der Waals surface area contributed by atoms with Crippen LogP contribution in [0.1, 0.15) is 66.8 Å². The molecule has 1 saturated heterocycles. The van der Waals surface area contributed by atoms with Crippen LogP contribution in [-0.2, 0) is 11.3 Å². The van der Waals surface area contributed by atoms with E-state index in [0.717, 1.165) is 44.2 Å². The molecule has 0 bridgehead atoms. The Kier molecular flexibility index (Phi) is 4.75. The highest BCUT2D eigenvalue weighted by molar-refractivity contribution is 5.99. The monoisotopic (exact) mass is 416 g/mol. The lowest BCUT2D eigenvalue weighted by molar-refractivity contribution is -0.131. The van der Waals surface area contributed by atoms with E-state index in [1.165, 1.54) is 0 Å². The Hall–Kier alpha value is -2.84. The van der Waals surface area contributed by atoms with Crippen LogP contribution in [0.15, 0.2) is 22.6 Å². The van der Waals surface area contributed by atoms with Crippen molar-refractivity contribution in [3.05, 3.63) is 35.2 Å². The lowest BCUT2D eigenvalue weighted by atomic mass is 9.88. The summed E-state index contributed by atoms with van der Waals surface area (Å²) in [6.07, 6.45) is 2.52. The number of alkyl halides is 2. The van der Waals surface area contributed by atoms with Crippen molar-refractivity contribution in [2.75, 3.05) is 6.54 Å². The summed E-state index contributed by atoms with van der Waals surface area (Å²) < 4.78 is 30.5. The SMILES string of the molecule is O=C1CCCN1[C@@H]1CCCC[C@H]1N1Cc2ccc(-c3nnc(C(F)F)o3)cc2C1=O. The number of rotatable bonds is 4. The van der Waals surface area contributed by atoms with Crippen molar-refractivity contribution in [3.63, 3.8) is 0 Å². The van der Waals surface area contributed by atoms with Crippen molar-refractivity contribution >= 4 is 11.8 Å². The van der Waals surface area contributed by atoms with Crippen LogP contribution in [-0.4, -0.2) is 50.4 Å². The third-order valence-electron chi connectivity index (χ3n) is 6.42. The van der Waals surface area contributed by atoms with Gasteiger partial charge in [0.15, 0.2) is 0 Å². The van der Waals surface area contributed by atoms with Crippen molar-refractivity contribution in [1.82, 2.24) is 20.0 Å². The molecule has 0 N–H and O–H groups in total. The van der Waals surface area contributed by atoms with Crippen LogP contribution < -0.4 is 0 Å². The van der Waals surface area contributed by atoms with E-state index in [1.807, 2.05) is 15.9 Å². The van der Waals surface area contributed by atoms with Crippen LogP contribution >= 0.6 is 0 Å².